The van der Waals surface area contributed by atoms with Crippen molar-refractivity contribution >= 4 is 11.9 Å². The van der Waals surface area contributed by atoms with Crippen molar-refractivity contribution in [1.29, 1.82) is 0 Å². The molecule has 0 amide bonds. The van der Waals surface area contributed by atoms with Gasteiger partial charge in [0.15, 0.2) is 0 Å². The van der Waals surface area contributed by atoms with E-state index >= 15 is 0 Å². The molecule has 38 heavy (non-hydrogen) atoms. The molecule has 6 atom stereocenters. The Morgan fingerprint density at radius 2 is 1.42 bits per heavy atom. The number of aromatic hydroxyl groups is 1. The summed E-state index contributed by atoms with van der Waals surface area (Å²) in [6.07, 6.45) is 8.79. The number of carbonyl (C=O) groups excluding carboxylic acids is 2. The first-order chi connectivity index (χ1) is 17.6. The van der Waals surface area contributed by atoms with E-state index in [0.29, 0.717) is 17.6 Å². The first-order valence-corrected chi connectivity index (χ1v) is 14.8. The lowest BCUT2D eigenvalue weighted by Gasteiger charge is -2.63. The molecule has 0 spiro atoms. The molecule has 5 heteroatoms. The maximum absolute atomic E-state index is 11.9. The minimum absolute atomic E-state index is 0.0196. The lowest BCUT2D eigenvalue weighted by molar-refractivity contribution is -0.192. The van der Waals surface area contributed by atoms with E-state index in [4.69, 9.17) is 9.47 Å². The van der Waals surface area contributed by atoms with Crippen molar-refractivity contribution in [3.8, 4) is 5.75 Å². The maximum atomic E-state index is 11.9. The fourth-order valence-corrected chi connectivity index (χ4v) is 10.0. The Morgan fingerprint density at radius 1 is 0.789 bits per heavy atom. The van der Waals surface area contributed by atoms with Gasteiger partial charge in [0.1, 0.15) is 18.0 Å². The van der Waals surface area contributed by atoms with Gasteiger partial charge in [-0.2, -0.15) is 0 Å². The number of ether oxygens (including phenoxy) is 2. The zero-order valence-electron chi connectivity index (χ0n) is 24.8. The van der Waals surface area contributed by atoms with Crippen LogP contribution in [0.25, 0.3) is 0 Å². The van der Waals surface area contributed by atoms with Crippen molar-refractivity contribution in [3.05, 3.63) is 28.3 Å². The number of phenolic OH excluding ortho intramolecular Hbond substituents is 1. The van der Waals surface area contributed by atoms with E-state index in [1.807, 2.05) is 6.07 Å². The summed E-state index contributed by atoms with van der Waals surface area (Å²) >= 11 is 0. The highest BCUT2D eigenvalue weighted by atomic mass is 16.5. The van der Waals surface area contributed by atoms with Crippen LogP contribution < -0.4 is 0 Å². The van der Waals surface area contributed by atoms with E-state index in [1.165, 1.54) is 25.0 Å². The second-order valence-corrected chi connectivity index (χ2v) is 14.7. The van der Waals surface area contributed by atoms with Crippen molar-refractivity contribution in [2.45, 2.75) is 131 Å². The Hall–Kier alpha value is -2.04. The van der Waals surface area contributed by atoms with Gasteiger partial charge >= 0.3 is 11.9 Å². The van der Waals surface area contributed by atoms with Gasteiger partial charge in [-0.05, 0) is 109 Å². The molecule has 0 saturated heterocycles. The van der Waals surface area contributed by atoms with Crippen LogP contribution >= 0.6 is 0 Å². The summed E-state index contributed by atoms with van der Waals surface area (Å²) in [7, 11) is 0. The van der Waals surface area contributed by atoms with Gasteiger partial charge in [0.25, 0.3) is 0 Å². The number of hydrogen-bond donors (Lipinski definition) is 1. The number of fused-ring (bicyclic) bond motifs is 6. The minimum Gasteiger partial charge on any atom is -0.508 e. The topological polar surface area (TPSA) is 72.8 Å². The van der Waals surface area contributed by atoms with E-state index < -0.39 is 0 Å². The van der Waals surface area contributed by atoms with Crippen LogP contribution in [0.3, 0.4) is 0 Å². The Labute approximate surface area is 229 Å². The molecule has 1 aromatic carbocycles. The Kier molecular flexibility index (Phi) is 6.51. The number of phenols is 1. The molecule has 2 saturated carbocycles. The van der Waals surface area contributed by atoms with Gasteiger partial charge in [0.2, 0.25) is 0 Å². The normalized spacial score (nSPS) is 36.9. The van der Waals surface area contributed by atoms with Crippen LogP contribution in [-0.4, -0.2) is 29.3 Å². The molecule has 2 fully saturated rings. The van der Waals surface area contributed by atoms with E-state index in [-0.39, 0.29) is 45.8 Å². The average molecular weight is 525 g/mol. The van der Waals surface area contributed by atoms with Crippen LogP contribution in [0.5, 0.6) is 5.75 Å². The molecule has 4 aliphatic rings. The standard InChI is InChI=1S/C33H48O5/c1-19(34)37-28-12-10-22-21-9-11-27-32(7,18-23(21)25(36)17-24(22)30(28,3)4)15-13-26-31(5,6)29(38-20(2)35)14-16-33(26,27)8/h17,26-29,36H,9-16,18H2,1-8H3/t26-,27-,28-,29-,32-,33-/m0/s1. The molecule has 1 N–H and O–H groups in total. The zero-order chi connectivity index (χ0) is 27.8. The number of esters is 2. The van der Waals surface area contributed by atoms with Crippen molar-refractivity contribution in [2.75, 3.05) is 0 Å². The Morgan fingerprint density at radius 3 is 2.08 bits per heavy atom. The molecule has 0 heterocycles. The molecule has 0 unspecified atom stereocenters. The highest BCUT2D eigenvalue weighted by Crippen LogP contribution is 2.67. The molecule has 1 aromatic rings. The van der Waals surface area contributed by atoms with Gasteiger partial charge in [0, 0.05) is 24.7 Å². The largest absolute Gasteiger partial charge is 0.508 e. The summed E-state index contributed by atoms with van der Waals surface area (Å²) in [5.74, 6) is 1.05. The quantitative estimate of drug-likeness (QED) is 0.430. The van der Waals surface area contributed by atoms with Gasteiger partial charge < -0.3 is 14.6 Å². The summed E-state index contributed by atoms with van der Waals surface area (Å²) in [6.45, 7) is 16.9. The maximum Gasteiger partial charge on any atom is 0.302 e. The third kappa shape index (κ3) is 4.09. The first-order valence-electron chi connectivity index (χ1n) is 14.8. The Balaban J connectivity index is 1.51. The van der Waals surface area contributed by atoms with Crippen LogP contribution in [-0.2, 0) is 43.7 Å². The Bertz CT molecular complexity index is 1150. The average Bonchev–Trinajstić information content (AvgIpc) is 2.96. The molecule has 5 rings (SSSR count). The second kappa shape index (κ2) is 8.99. The fourth-order valence-electron chi connectivity index (χ4n) is 10.0. The van der Waals surface area contributed by atoms with Gasteiger partial charge in [-0.1, -0.05) is 41.5 Å². The van der Waals surface area contributed by atoms with Crippen LogP contribution in [0.4, 0.5) is 0 Å². The molecular formula is C33H48O5. The van der Waals surface area contributed by atoms with Crippen LogP contribution in [0.15, 0.2) is 6.07 Å². The predicted molar refractivity (Wildman–Crippen MR) is 148 cm³/mol. The second-order valence-electron chi connectivity index (χ2n) is 14.7. The smallest absolute Gasteiger partial charge is 0.302 e. The number of hydrogen-bond acceptors (Lipinski definition) is 5. The third-order valence-electron chi connectivity index (χ3n) is 11.8. The monoisotopic (exact) mass is 524 g/mol. The third-order valence-corrected chi connectivity index (χ3v) is 11.8. The van der Waals surface area contributed by atoms with Crippen molar-refractivity contribution in [3.63, 3.8) is 0 Å². The molecule has 4 aliphatic carbocycles. The summed E-state index contributed by atoms with van der Waals surface area (Å²) in [4.78, 5) is 23.7. The summed E-state index contributed by atoms with van der Waals surface area (Å²) in [5.41, 5.74) is 4.94. The first kappa shape index (κ1) is 27.5. The van der Waals surface area contributed by atoms with Gasteiger partial charge in [0.05, 0.1) is 0 Å². The molecule has 0 aliphatic heterocycles. The number of carbonyl (C=O) groups is 2. The van der Waals surface area contributed by atoms with Crippen molar-refractivity contribution in [1.82, 2.24) is 0 Å². The van der Waals surface area contributed by atoms with Gasteiger partial charge in [-0.25, -0.2) is 0 Å². The summed E-state index contributed by atoms with van der Waals surface area (Å²) in [5, 5.41) is 11.5. The lowest BCUT2D eigenvalue weighted by atomic mass is 9.42. The molecular weight excluding hydrogens is 476 g/mol. The highest BCUT2D eigenvalue weighted by molar-refractivity contribution is 5.67. The van der Waals surface area contributed by atoms with Crippen LogP contribution in [0.2, 0.25) is 0 Å². The molecule has 5 nitrogen and oxygen atoms in total. The van der Waals surface area contributed by atoms with Gasteiger partial charge in [-0.15, -0.1) is 0 Å². The molecule has 0 radical (unpaired) electrons. The summed E-state index contributed by atoms with van der Waals surface area (Å²) in [6, 6.07) is 1.99. The van der Waals surface area contributed by atoms with Crippen molar-refractivity contribution in [2.24, 2.45) is 28.1 Å². The van der Waals surface area contributed by atoms with E-state index in [1.54, 1.807) is 0 Å². The number of benzene rings is 1. The van der Waals surface area contributed by atoms with Crippen LogP contribution in [0, 0.1) is 28.1 Å². The van der Waals surface area contributed by atoms with E-state index in [2.05, 4.69) is 41.5 Å². The molecule has 0 bridgehead atoms. The lowest BCUT2D eigenvalue weighted by Crippen LogP contribution is -2.59. The van der Waals surface area contributed by atoms with Crippen molar-refractivity contribution < 1.29 is 24.2 Å². The molecule has 210 valence electrons. The highest BCUT2D eigenvalue weighted by Gasteiger charge is 2.61. The predicted octanol–water partition coefficient (Wildman–Crippen LogP) is 6.83. The zero-order valence-corrected chi connectivity index (χ0v) is 24.8. The van der Waals surface area contributed by atoms with E-state index in [0.717, 1.165) is 68.9 Å². The minimum atomic E-state index is -0.342. The van der Waals surface area contributed by atoms with Crippen LogP contribution in [0.1, 0.15) is 116 Å². The molecule has 0 aromatic heterocycles. The van der Waals surface area contributed by atoms with Gasteiger partial charge in [-0.3, -0.25) is 9.59 Å². The fraction of sp³-hybridized carbons (Fsp3) is 0.758. The summed E-state index contributed by atoms with van der Waals surface area (Å²) < 4.78 is 11.6. The van der Waals surface area contributed by atoms with E-state index in [9.17, 15) is 14.7 Å². The number of rotatable bonds is 2. The SMILES string of the molecule is CC(=O)O[C@H]1CCc2c(cc(O)c3c2CC[C@H]2[C@@](C)(CC[C@H]4C(C)(C)[C@@H](OC(C)=O)CC[C@@]42C)C3)C1(C)C.